The molecule has 120 valence electrons. The van der Waals surface area contributed by atoms with E-state index in [1.807, 2.05) is 0 Å². The third kappa shape index (κ3) is 4.99. The van der Waals surface area contributed by atoms with Crippen molar-refractivity contribution >= 4 is 12.0 Å². The second-order valence-electron chi connectivity index (χ2n) is 6.20. The van der Waals surface area contributed by atoms with Gasteiger partial charge in [-0.1, -0.05) is 6.08 Å². The first-order valence-corrected chi connectivity index (χ1v) is 6.75. The van der Waals surface area contributed by atoms with E-state index in [0.29, 0.717) is 0 Å². The third-order valence-corrected chi connectivity index (χ3v) is 2.97. The molecule has 0 aliphatic carbocycles. The molecule has 5 nitrogen and oxygen atoms in total. The zero-order valence-corrected chi connectivity index (χ0v) is 12.8. The van der Waals surface area contributed by atoms with Gasteiger partial charge in [-0.2, -0.15) is 0 Å². The first-order chi connectivity index (χ1) is 9.45. The number of alkyl carbamates (subject to hydrolysis) is 1. The molecule has 1 aliphatic heterocycles. The van der Waals surface area contributed by atoms with E-state index in [2.05, 4.69) is 11.9 Å². The topological polar surface area (TPSA) is 58.6 Å². The fraction of sp³-hybridized carbons (Fsp3) is 0.714. The summed E-state index contributed by atoms with van der Waals surface area (Å²) in [6, 6.07) is -1.67. The van der Waals surface area contributed by atoms with Crippen molar-refractivity contribution in [3.05, 3.63) is 12.7 Å². The SMILES string of the molecule is C=C[C@@H]1CC(F)(F)CN1C(=O)[C@@H](C)NC(=O)OC(C)(C)C. The number of hydrogen-bond donors (Lipinski definition) is 1. The van der Waals surface area contributed by atoms with Crippen LogP contribution in [0, 0.1) is 0 Å². The molecule has 0 unspecified atom stereocenters. The molecule has 2 atom stereocenters. The zero-order valence-electron chi connectivity index (χ0n) is 12.8. The van der Waals surface area contributed by atoms with E-state index in [-0.39, 0.29) is 0 Å². The maximum Gasteiger partial charge on any atom is 0.408 e. The number of ether oxygens (including phenoxy) is 1. The number of halogens is 2. The molecule has 0 bridgehead atoms. The second-order valence-corrected chi connectivity index (χ2v) is 6.20. The quantitative estimate of drug-likeness (QED) is 0.814. The van der Waals surface area contributed by atoms with Crippen LogP contribution in [-0.4, -0.2) is 47.1 Å². The first kappa shape index (κ1) is 17.4. The Balaban J connectivity index is 2.66. The van der Waals surface area contributed by atoms with Gasteiger partial charge in [-0.15, -0.1) is 6.58 Å². The molecule has 1 fully saturated rings. The smallest absolute Gasteiger partial charge is 0.408 e. The van der Waals surface area contributed by atoms with Crippen molar-refractivity contribution in [2.45, 2.75) is 57.7 Å². The van der Waals surface area contributed by atoms with Crippen molar-refractivity contribution in [3.8, 4) is 0 Å². The average Bonchev–Trinajstić information content (AvgIpc) is 2.60. The number of carbonyl (C=O) groups excluding carboxylic acids is 2. The number of carbonyl (C=O) groups is 2. The Bertz CT molecular complexity index is 432. The lowest BCUT2D eigenvalue weighted by Crippen LogP contribution is -2.49. The minimum Gasteiger partial charge on any atom is -0.444 e. The highest BCUT2D eigenvalue weighted by molar-refractivity contribution is 5.86. The summed E-state index contributed by atoms with van der Waals surface area (Å²) in [5.41, 5.74) is -0.697. The van der Waals surface area contributed by atoms with Crippen molar-refractivity contribution < 1.29 is 23.1 Å². The monoisotopic (exact) mass is 304 g/mol. The molecule has 1 saturated heterocycles. The standard InChI is InChI=1S/C14H22F2N2O3/c1-6-10-7-14(15,16)8-18(10)11(19)9(2)17-12(20)21-13(3,4)5/h6,9-10H,1,7-8H2,2-5H3,(H,17,20)/t9-,10-/m1/s1. The Hall–Kier alpha value is -1.66. The normalized spacial score (nSPS) is 22.6. The molecule has 2 amide bonds. The first-order valence-electron chi connectivity index (χ1n) is 6.75. The van der Waals surface area contributed by atoms with Crippen LogP contribution in [0.25, 0.3) is 0 Å². The summed E-state index contributed by atoms with van der Waals surface area (Å²) >= 11 is 0. The number of hydrogen-bond acceptors (Lipinski definition) is 3. The van der Waals surface area contributed by atoms with Gasteiger partial charge in [0.1, 0.15) is 11.6 Å². The summed E-state index contributed by atoms with van der Waals surface area (Å²) in [5.74, 6) is -3.51. The molecule has 0 spiro atoms. The summed E-state index contributed by atoms with van der Waals surface area (Å²) in [6.07, 6.45) is 0.116. The molecule has 1 rings (SSSR count). The lowest BCUT2D eigenvalue weighted by molar-refractivity contribution is -0.134. The van der Waals surface area contributed by atoms with Crippen molar-refractivity contribution in [3.63, 3.8) is 0 Å². The molecule has 1 aliphatic rings. The minimum atomic E-state index is -2.93. The van der Waals surface area contributed by atoms with E-state index >= 15 is 0 Å². The van der Waals surface area contributed by atoms with Crippen LogP contribution < -0.4 is 5.32 Å². The van der Waals surface area contributed by atoms with Crippen molar-refractivity contribution in [2.75, 3.05) is 6.54 Å². The van der Waals surface area contributed by atoms with Gasteiger partial charge in [0.05, 0.1) is 12.6 Å². The van der Waals surface area contributed by atoms with E-state index in [0.717, 1.165) is 4.90 Å². The predicted octanol–water partition coefficient (Wildman–Crippen LogP) is 2.32. The molecule has 0 aromatic carbocycles. The van der Waals surface area contributed by atoms with Gasteiger partial charge >= 0.3 is 6.09 Å². The van der Waals surface area contributed by atoms with Gasteiger partial charge in [0.2, 0.25) is 5.91 Å². The van der Waals surface area contributed by atoms with Gasteiger partial charge in [-0.05, 0) is 27.7 Å². The van der Waals surface area contributed by atoms with Crippen LogP contribution in [0.1, 0.15) is 34.1 Å². The maximum absolute atomic E-state index is 13.4. The molecule has 0 radical (unpaired) electrons. The van der Waals surface area contributed by atoms with E-state index in [4.69, 9.17) is 4.74 Å². The Morgan fingerprint density at radius 2 is 2.05 bits per heavy atom. The number of rotatable bonds is 3. The van der Waals surface area contributed by atoms with Crippen LogP contribution in [0.15, 0.2) is 12.7 Å². The van der Waals surface area contributed by atoms with E-state index < -0.39 is 48.6 Å². The molecule has 1 heterocycles. The third-order valence-electron chi connectivity index (χ3n) is 2.97. The average molecular weight is 304 g/mol. The largest absolute Gasteiger partial charge is 0.444 e. The number of alkyl halides is 2. The summed E-state index contributed by atoms with van der Waals surface area (Å²) in [4.78, 5) is 24.8. The van der Waals surface area contributed by atoms with Gasteiger partial charge in [0, 0.05) is 6.42 Å². The molecule has 0 saturated carbocycles. The summed E-state index contributed by atoms with van der Waals surface area (Å²) in [5, 5.41) is 2.35. The highest BCUT2D eigenvalue weighted by Crippen LogP contribution is 2.32. The number of nitrogens with zero attached hydrogens (tertiary/aromatic N) is 1. The maximum atomic E-state index is 13.4. The predicted molar refractivity (Wildman–Crippen MR) is 74.1 cm³/mol. The Labute approximate surface area is 123 Å². The van der Waals surface area contributed by atoms with Crippen molar-refractivity contribution in [1.82, 2.24) is 10.2 Å². The fourth-order valence-corrected chi connectivity index (χ4v) is 2.09. The lowest BCUT2D eigenvalue weighted by Gasteiger charge is -2.26. The molecule has 21 heavy (non-hydrogen) atoms. The van der Waals surface area contributed by atoms with E-state index in [1.165, 1.54) is 13.0 Å². The molecule has 7 heteroatoms. The van der Waals surface area contributed by atoms with Crippen LogP contribution in [0.4, 0.5) is 13.6 Å². The van der Waals surface area contributed by atoms with Crippen LogP contribution in [0.5, 0.6) is 0 Å². The molecular weight excluding hydrogens is 282 g/mol. The van der Waals surface area contributed by atoms with Gasteiger partial charge in [0.25, 0.3) is 5.92 Å². The number of likely N-dealkylation sites (tertiary alicyclic amines) is 1. The highest BCUT2D eigenvalue weighted by atomic mass is 19.3. The van der Waals surface area contributed by atoms with Crippen molar-refractivity contribution in [2.24, 2.45) is 0 Å². The van der Waals surface area contributed by atoms with Gasteiger partial charge in [-0.25, -0.2) is 13.6 Å². The summed E-state index contributed by atoms with van der Waals surface area (Å²) in [6.45, 7) is 9.30. The van der Waals surface area contributed by atoms with Gasteiger partial charge in [-0.3, -0.25) is 4.79 Å². The van der Waals surface area contributed by atoms with Crippen molar-refractivity contribution in [1.29, 1.82) is 0 Å². The fourth-order valence-electron chi connectivity index (χ4n) is 2.09. The second kappa shape index (κ2) is 5.99. The molecule has 0 aromatic heterocycles. The van der Waals surface area contributed by atoms with Crippen LogP contribution in [0.2, 0.25) is 0 Å². The Morgan fingerprint density at radius 1 is 1.48 bits per heavy atom. The Kier molecular flexibility index (Phi) is 4.96. The zero-order chi connectivity index (χ0) is 16.4. The molecule has 1 N–H and O–H groups in total. The lowest BCUT2D eigenvalue weighted by atomic mass is 10.2. The number of nitrogens with one attached hydrogen (secondary N) is 1. The molecule has 0 aromatic rings. The van der Waals surface area contributed by atoms with E-state index in [1.54, 1.807) is 20.8 Å². The summed E-state index contributed by atoms with van der Waals surface area (Å²) < 4.78 is 31.8. The summed E-state index contributed by atoms with van der Waals surface area (Å²) in [7, 11) is 0. The van der Waals surface area contributed by atoms with Gasteiger partial charge in [0.15, 0.2) is 0 Å². The Morgan fingerprint density at radius 3 is 2.52 bits per heavy atom. The molecular formula is C14H22F2N2O3. The minimum absolute atomic E-state index is 0.443. The van der Waals surface area contributed by atoms with Crippen LogP contribution in [0.3, 0.4) is 0 Å². The number of amides is 2. The van der Waals surface area contributed by atoms with Crippen LogP contribution >= 0.6 is 0 Å². The van der Waals surface area contributed by atoms with E-state index in [9.17, 15) is 18.4 Å². The van der Waals surface area contributed by atoms with Crippen LogP contribution in [-0.2, 0) is 9.53 Å². The highest BCUT2D eigenvalue weighted by Gasteiger charge is 2.46. The van der Waals surface area contributed by atoms with Gasteiger partial charge < -0.3 is 15.0 Å².